The fourth-order valence-corrected chi connectivity index (χ4v) is 2.47. The number of nitrogens with one attached hydrogen (secondary N) is 1. The molecule has 1 amide bonds. The molecule has 0 aromatic carbocycles. The zero-order valence-corrected chi connectivity index (χ0v) is 9.89. The van der Waals surface area contributed by atoms with Gasteiger partial charge in [-0.3, -0.25) is 9.69 Å². The second-order valence-electron chi connectivity index (χ2n) is 4.61. The maximum absolute atomic E-state index is 12.0. The maximum Gasteiger partial charge on any atom is 0.326 e. The number of aliphatic carboxylic acids is 1. The quantitative estimate of drug-likeness (QED) is 0.661. The molecule has 0 saturated carbocycles. The second kappa shape index (κ2) is 5.46. The normalized spacial score (nSPS) is 26.1. The van der Waals surface area contributed by atoms with E-state index in [-0.39, 0.29) is 5.91 Å². The van der Waals surface area contributed by atoms with E-state index in [1.807, 2.05) is 0 Å². The monoisotopic (exact) mass is 241 g/mol. The van der Waals surface area contributed by atoms with Gasteiger partial charge in [-0.25, -0.2) is 4.79 Å². The van der Waals surface area contributed by atoms with E-state index >= 15 is 0 Å². The Kier molecular flexibility index (Phi) is 3.96. The molecule has 2 fully saturated rings. The van der Waals surface area contributed by atoms with Gasteiger partial charge < -0.3 is 15.3 Å². The van der Waals surface area contributed by atoms with Gasteiger partial charge >= 0.3 is 5.97 Å². The molecule has 6 heteroatoms. The van der Waals surface area contributed by atoms with Crippen LogP contribution in [-0.2, 0) is 9.59 Å². The van der Waals surface area contributed by atoms with Crippen molar-refractivity contribution in [1.82, 2.24) is 15.1 Å². The number of hydrogen-bond acceptors (Lipinski definition) is 4. The van der Waals surface area contributed by atoms with Gasteiger partial charge in [0.05, 0.1) is 6.54 Å². The van der Waals surface area contributed by atoms with Crippen LogP contribution in [-0.4, -0.2) is 72.1 Å². The molecule has 0 aliphatic carbocycles. The Hall–Kier alpha value is -1.14. The number of carbonyl (C=O) groups is 2. The smallest absolute Gasteiger partial charge is 0.326 e. The maximum atomic E-state index is 12.0. The van der Waals surface area contributed by atoms with Crippen molar-refractivity contribution in [2.24, 2.45) is 0 Å². The summed E-state index contributed by atoms with van der Waals surface area (Å²) in [5.74, 6) is -0.923. The van der Waals surface area contributed by atoms with Crippen molar-refractivity contribution >= 4 is 11.9 Å². The topological polar surface area (TPSA) is 72.9 Å². The van der Waals surface area contributed by atoms with Crippen molar-refractivity contribution in [2.45, 2.75) is 18.9 Å². The summed E-state index contributed by atoms with van der Waals surface area (Å²) in [6, 6.07) is -0.606. The van der Waals surface area contributed by atoms with Crippen LogP contribution in [0.2, 0.25) is 0 Å². The average molecular weight is 241 g/mol. The van der Waals surface area contributed by atoms with Crippen LogP contribution in [0, 0.1) is 0 Å². The highest BCUT2D eigenvalue weighted by molar-refractivity contribution is 5.85. The van der Waals surface area contributed by atoms with Crippen LogP contribution in [0.1, 0.15) is 12.8 Å². The lowest BCUT2D eigenvalue weighted by atomic mass is 10.2. The van der Waals surface area contributed by atoms with E-state index in [1.165, 1.54) is 4.90 Å². The molecule has 96 valence electrons. The minimum Gasteiger partial charge on any atom is -0.480 e. The summed E-state index contributed by atoms with van der Waals surface area (Å²) in [4.78, 5) is 26.6. The summed E-state index contributed by atoms with van der Waals surface area (Å²) in [5, 5.41) is 12.2. The Labute approximate surface area is 101 Å². The molecule has 6 nitrogen and oxygen atoms in total. The Morgan fingerprint density at radius 1 is 1.24 bits per heavy atom. The van der Waals surface area contributed by atoms with Gasteiger partial charge in [0.15, 0.2) is 0 Å². The summed E-state index contributed by atoms with van der Waals surface area (Å²) in [7, 11) is 0. The molecule has 0 aromatic heterocycles. The van der Waals surface area contributed by atoms with Crippen molar-refractivity contribution in [3.63, 3.8) is 0 Å². The predicted molar refractivity (Wildman–Crippen MR) is 61.7 cm³/mol. The van der Waals surface area contributed by atoms with Crippen LogP contribution in [0.25, 0.3) is 0 Å². The van der Waals surface area contributed by atoms with E-state index in [1.54, 1.807) is 0 Å². The molecule has 2 saturated heterocycles. The number of nitrogens with zero attached hydrogens (tertiary/aromatic N) is 2. The van der Waals surface area contributed by atoms with Gasteiger partial charge in [-0.05, 0) is 12.8 Å². The SMILES string of the molecule is O=C(O)[C@H]1CCCN1C(=O)CN1CCNCC1. The molecule has 17 heavy (non-hydrogen) atoms. The molecule has 0 unspecified atom stereocenters. The number of carboxylic acid groups (broad SMARTS) is 1. The molecular weight excluding hydrogens is 222 g/mol. The number of amides is 1. The number of carboxylic acids is 1. The predicted octanol–water partition coefficient (Wildman–Crippen LogP) is -1.03. The zero-order chi connectivity index (χ0) is 12.3. The van der Waals surface area contributed by atoms with Crippen LogP contribution in [0.3, 0.4) is 0 Å². The van der Waals surface area contributed by atoms with E-state index in [2.05, 4.69) is 10.2 Å². The fourth-order valence-electron chi connectivity index (χ4n) is 2.47. The minimum atomic E-state index is -0.879. The summed E-state index contributed by atoms with van der Waals surface area (Å²) in [6.07, 6.45) is 1.38. The van der Waals surface area contributed by atoms with Crippen molar-refractivity contribution < 1.29 is 14.7 Å². The molecule has 2 rings (SSSR count). The van der Waals surface area contributed by atoms with E-state index < -0.39 is 12.0 Å². The van der Waals surface area contributed by atoms with Crippen molar-refractivity contribution in [1.29, 1.82) is 0 Å². The minimum absolute atomic E-state index is 0.0446. The number of likely N-dealkylation sites (tertiary alicyclic amines) is 1. The summed E-state index contributed by atoms with van der Waals surface area (Å²) in [6.45, 7) is 4.45. The van der Waals surface area contributed by atoms with E-state index in [0.717, 1.165) is 32.6 Å². The second-order valence-corrected chi connectivity index (χ2v) is 4.61. The number of carbonyl (C=O) groups excluding carboxylic acids is 1. The van der Waals surface area contributed by atoms with Crippen molar-refractivity contribution in [3.8, 4) is 0 Å². The van der Waals surface area contributed by atoms with Gasteiger partial charge in [-0.1, -0.05) is 0 Å². The average Bonchev–Trinajstić information content (AvgIpc) is 2.79. The van der Waals surface area contributed by atoms with Gasteiger partial charge in [0, 0.05) is 32.7 Å². The molecule has 2 heterocycles. The lowest BCUT2D eigenvalue weighted by Gasteiger charge is -2.29. The summed E-state index contributed by atoms with van der Waals surface area (Å²) >= 11 is 0. The van der Waals surface area contributed by atoms with Crippen LogP contribution >= 0.6 is 0 Å². The van der Waals surface area contributed by atoms with E-state index in [0.29, 0.717) is 19.5 Å². The van der Waals surface area contributed by atoms with Crippen molar-refractivity contribution in [2.75, 3.05) is 39.3 Å². The largest absolute Gasteiger partial charge is 0.480 e. The lowest BCUT2D eigenvalue weighted by Crippen LogP contribution is -2.50. The first-order valence-electron chi connectivity index (χ1n) is 6.14. The summed E-state index contributed by atoms with van der Waals surface area (Å²) < 4.78 is 0. The van der Waals surface area contributed by atoms with Gasteiger partial charge in [0.2, 0.25) is 5.91 Å². The first kappa shape index (κ1) is 12.3. The summed E-state index contributed by atoms with van der Waals surface area (Å²) in [5.41, 5.74) is 0. The lowest BCUT2D eigenvalue weighted by molar-refractivity contribution is -0.148. The van der Waals surface area contributed by atoms with Crippen molar-refractivity contribution in [3.05, 3.63) is 0 Å². The number of rotatable bonds is 3. The molecule has 0 radical (unpaired) electrons. The Balaban J connectivity index is 1.88. The molecule has 0 aromatic rings. The highest BCUT2D eigenvalue weighted by Crippen LogP contribution is 2.17. The van der Waals surface area contributed by atoms with Crippen LogP contribution in [0.5, 0.6) is 0 Å². The van der Waals surface area contributed by atoms with Gasteiger partial charge in [0.1, 0.15) is 6.04 Å². The third-order valence-corrected chi connectivity index (χ3v) is 3.43. The highest BCUT2D eigenvalue weighted by atomic mass is 16.4. The van der Waals surface area contributed by atoms with Crippen LogP contribution in [0.15, 0.2) is 0 Å². The van der Waals surface area contributed by atoms with E-state index in [9.17, 15) is 9.59 Å². The first-order valence-corrected chi connectivity index (χ1v) is 6.14. The van der Waals surface area contributed by atoms with Crippen LogP contribution in [0.4, 0.5) is 0 Å². The fraction of sp³-hybridized carbons (Fsp3) is 0.818. The third kappa shape index (κ3) is 2.95. The van der Waals surface area contributed by atoms with Gasteiger partial charge in [0.25, 0.3) is 0 Å². The standard InChI is InChI=1S/C11H19N3O3/c15-10(8-13-6-3-12-4-7-13)14-5-1-2-9(14)11(16)17/h9,12H,1-8H2,(H,16,17)/t9-/m1/s1. The molecule has 2 aliphatic rings. The highest BCUT2D eigenvalue weighted by Gasteiger charge is 2.34. The Morgan fingerprint density at radius 2 is 1.94 bits per heavy atom. The number of hydrogen-bond donors (Lipinski definition) is 2. The first-order chi connectivity index (χ1) is 8.18. The molecule has 0 bridgehead atoms. The third-order valence-electron chi connectivity index (χ3n) is 3.43. The molecule has 0 spiro atoms. The number of piperazine rings is 1. The Bertz CT molecular complexity index is 302. The molecule has 1 atom stereocenters. The van der Waals surface area contributed by atoms with Crippen LogP contribution < -0.4 is 5.32 Å². The molecule has 2 aliphatic heterocycles. The van der Waals surface area contributed by atoms with E-state index in [4.69, 9.17) is 5.11 Å². The molecule has 2 N–H and O–H groups in total. The molecular formula is C11H19N3O3. The Morgan fingerprint density at radius 3 is 2.59 bits per heavy atom. The zero-order valence-electron chi connectivity index (χ0n) is 9.89. The van der Waals surface area contributed by atoms with Gasteiger partial charge in [-0.2, -0.15) is 0 Å². The van der Waals surface area contributed by atoms with Gasteiger partial charge in [-0.15, -0.1) is 0 Å².